The second-order valence-corrected chi connectivity index (χ2v) is 5.17. The number of rotatable bonds is 6. The highest BCUT2D eigenvalue weighted by atomic mass is 32.2. The topological polar surface area (TPSA) is 12.0 Å². The Morgan fingerprint density at radius 1 is 1.42 bits per heavy atom. The van der Waals surface area contributed by atoms with Crippen molar-refractivity contribution in [2.45, 2.75) is 32.6 Å². The Hall–Kier alpha value is 0.310. The summed E-state index contributed by atoms with van der Waals surface area (Å²) in [6.07, 6.45) is 7.80. The molecule has 0 aromatic rings. The molecule has 0 heterocycles. The molecule has 0 atom stereocenters. The normalized spacial score (nSPS) is 20.5. The molecule has 0 aromatic carbocycles. The van der Waals surface area contributed by atoms with Gasteiger partial charge in [0, 0.05) is 6.54 Å². The number of thioether (sulfide) groups is 1. The maximum atomic E-state index is 3.55. The van der Waals surface area contributed by atoms with E-state index in [1.807, 2.05) is 11.8 Å². The summed E-state index contributed by atoms with van der Waals surface area (Å²) in [7, 11) is 0. The average Bonchev–Trinajstić information content (AvgIpc) is 2.01. The summed E-state index contributed by atoms with van der Waals surface area (Å²) in [4.78, 5) is 0. The van der Waals surface area contributed by atoms with Gasteiger partial charge in [0.1, 0.15) is 0 Å². The first-order chi connectivity index (χ1) is 5.77. The van der Waals surface area contributed by atoms with Gasteiger partial charge in [0.25, 0.3) is 0 Å². The molecular weight excluding hydrogens is 166 g/mol. The largest absolute Gasteiger partial charge is 0.316 e. The second kappa shape index (κ2) is 5.13. The van der Waals surface area contributed by atoms with Crippen molar-refractivity contribution in [2.75, 3.05) is 25.1 Å². The maximum absolute atomic E-state index is 3.55. The van der Waals surface area contributed by atoms with Crippen molar-refractivity contribution in [1.82, 2.24) is 5.32 Å². The van der Waals surface area contributed by atoms with Crippen molar-refractivity contribution >= 4 is 11.8 Å². The smallest absolute Gasteiger partial charge is 0.000516 e. The lowest BCUT2D eigenvalue weighted by Gasteiger charge is -2.38. The molecule has 1 aliphatic carbocycles. The van der Waals surface area contributed by atoms with Crippen LogP contribution in [-0.2, 0) is 0 Å². The molecule has 0 unspecified atom stereocenters. The summed E-state index contributed by atoms with van der Waals surface area (Å²) in [5.41, 5.74) is 0.652. The predicted octanol–water partition coefficient (Wildman–Crippen LogP) is 2.52. The Bertz CT molecular complexity index is 121. The Kier molecular flexibility index (Phi) is 4.44. The van der Waals surface area contributed by atoms with Crippen LogP contribution in [0.15, 0.2) is 0 Å². The van der Waals surface area contributed by atoms with Gasteiger partial charge in [-0.3, -0.25) is 0 Å². The van der Waals surface area contributed by atoms with E-state index in [1.165, 1.54) is 44.5 Å². The Morgan fingerprint density at radius 2 is 2.17 bits per heavy atom. The van der Waals surface area contributed by atoms with Crippen LogP contribution in [0.5, 0.6) is 0 Å². The third kappa shape index (κ3) is 3.36. The first-order valence-corrected chi connectivity index (χ1v) is 6.36. The van der Waals surface area contributed by atoms with Crippen LogP contribution in [0.3, 0.4) is 0 Å². The Balaban J connectivity index is 1.88. The van der Waals surface area contributed by atoms with Gasteiger partial charge < -0.3 is 5.32 Å². The zero-order valence-corrected chi connectivity index (χ0v) is 9.17. The van der Waals surface area contributed by atoms with Crippen LogP contribution in [0.1, 0.15) is 32.6 Å². The van der Waals surface area contributed by atoms with Crippen molar-refractivity contribution in [3.8, 4) is 0 Å². The van der Waals surface area contributed by atoms with E-state index in [4.69, 9.17) is 0 Å². The van der Waals surface area contributed by atoms with Crippen LogP contribution in [0.2, 0.25) is 0 Å². The summed E-state index contributed by atoms with van der Waals surface area (Å²) >= 11 is 1.94. The molecular formula is C10H21NS. The van der Waals surface area contributed by atoms with Crippen molar-refractivity contribution in [3.63, 3.8) is 0 Å². The molecule has 1 N–H and O–H groups in total. The lowest BCUT2D eigenvalue weighted by atomic mass is 9.70. The summed E-state index contributed by atoms with van der Waals surface area (Å²) in [6.45, 7) is 4.84. The highest BCUT2D eigenvalue weighted by Crippen LogP contribution is 2.39. The number of nitrogens with one attached hydrogen (secondary N) is 1. The molecule has 0 saturated heterocycles. The summed E-state index contributed by atoms with van der Waals surface area (Å²) < 4.78 is 0. The SMILES string of the molecule is CSCCCNCC1(C)CCC1. The lowest BCUT2D eigenvalue weighted by Crippen LogP contribution is -2.37. The first kappa shape index (κ1) is 10.4. The third-order valence-corrected chi connectivity index (χ3v) is 3.51. The van der Waals surface area contributed by atoms with Gasteiger partial charge in [0.15, 0.2) is 0 Å². The fourth-order valence-corrected chi connectivity index (χ4v) is 2.12. The van der Waals surface area contributed by atoms with Crippen LogP contribution < -0.4 is 5.32 Å². The van der Waals surface area contributed by atoms with Gasteiger partial charge in [-0.1, -0.05) is 13.3 Å². The van der Waals surface area contributed by atoms with Crippen molar-refractivity contribution in [2.24, 2.45) is 5.41 Å². The van der Waals surface area contributed by atoms with E-state index in [-0.39, 0.29) is 0 Å². The fourth-order valence-electron chi connectivity index (χ4n) is 1.69. The molecule has 1 saturated carbocycles. The van der Waals surface area contributed by atoms with Crippen LogP contribution in [0, 0.1) is 5.41 Å². The minimum atomic E-state index is 0.652. The monoisotopic (exact) mass is 187 g/mol. The van der Waals surface area contributed by atoms with Crippen LogP contribution >= 0.6 is 11.8 Å². The van der Waals surface area contributed by atoms with Crippen molar-refractivity contribution in [3.05, 3.63) is 0 Å². The highest BCUT2D eigenvalue weighted by Gasteiger charge is 2.30. The van der Waals surface area contributed by atoms with E-state index in [0.717, 1.165) is 0 Å². The quantitative estimate of drug-likeness (QED) is 0.641. The van der Waals surface area contributed by atoms with Gasteiger partial charge in [-0.2, -0.15) is 11.8 Å². The van der Waals surface area contributed by atoms with Gasteiger partial charge in [-0.05, 0) is 43.2 Å². The standard InChI is InChI=1S/C10H21NS/c1-10(5-3-6-10)9-11-7-4-8-12-2/h11H,3-9H2,1-2H3. The lowest BCUT2D eigenvalue weighted by molar-refractivity contribution is 0.157. The Morgan fingerprint density at radius 3 is 2.67 bits per heavy atom. The molecule has 2 heteroatoms. The van der Waals surface area contributed by atoms with E-state index in [2.05, 4.69) is 18.5 Å². The molecule has 72 valence electrons. The van der Waals surface area contributed by atoms with Gasteiger partial charge in [-0.15, -0.1) is 0 Å². The van der Waals surface area contributed by atoms with Crippen LogP contribution in [-0.4, -0.2) is 25.1 Å². The number of hydrogen-bond acceptors (Lipinski definition) is 2. The minimum Gasteiger partial charge on any atom is -0.316 e. The molecule has 0 aromatic heterocycles. The molecule has 1 fully saturated rings. The Labute approximate surface area is 80.7 Å². The third-order valence-electron chi connectivity index (χ3n) is 2.81. The molecule has 1 rings (SSSR count). The average molecular weight is 187 g/mol. The van der Waals surface area contributed by atoms with E-state index in [0.29, 0.717) is 5.41 Å². The van der Waals surface area contributed by atoms with Gasteiger partial charge in [-0.25, -0.2) is 0 Å². The summed E-state index contributed by atoms with van der Waals surface area (Å²) in [6, 6.07) is 0. The maximum Gasteiger partial charge on any atom is 0.000516 e. The summed E-state index contributed by atoms with van der Waals surface area (Å²) in [5.74, 6) is 1.30. The van der Waals surface area contributed by atoms with Crippen LogP contribution in [0.4, 0.5) is 0 Å². The van der Waals surface area contributed by atoms with E-state index in [1.54, 1.807) is 0 Å². The molecule has 0 spiro atoms. The molecule has 1 aliphatic rings. The van der Waals surface area contributed by atoms with Gasteiger partial charge >= 0.3 is 0 Å². The molecule has 0 bridgehead atoms. The number of hydrogen-bond donors (Lipinski definition) is 1. The zero-order chi connectivity index (χ0) is 8.86. The molecule has 0 radical (unpaired) electrons. The molecule has 12 heavy (non-hydrogen) atoms. The van der Waals surface area contributed by atoms with Crippen LogP contribution in [0.25, 0.3) is 0 Å². The van der Waals surface area contributed by atoms with Gasteiger partial charge in [0.2, 0.25) is 0 Å². The van der Waals surface area contributed by atoms with E-state index < -0.39 is 0 Å². The van der Waals surface area contributed by atoms with Crippen molar-refractivity contribution < 1.29 is 0 Å². The highest BCUT2D eigenvalue weighted by molar-refractivity contribution is 7.98. The van der Waals surface area contributed by atoms with Crippen molar-refractivity contribution in [1.29, 1.82) is 0 Å². The first-order valence-electron chi connectivity index (χ1n) is 4.96. The van der Waals surface area contributed by atoms with Gasteiger partial charge in [0.05, 0.1) is 0 Å². The summed E-state index contributed by atoms with van der Waals surface area (Å²) in [5, 5.41) is 3.55. The molecule has 0 amide bonds. The fraction of sp³-hybridized carbons (Fsp3) is 1.00. The zero-order valence-electron chi connectivity index (χ0n) is 8.36. The molecule has 0 aliphatic heterocycles. The molecule has 1 nitrogen and oxygen atoms in total. The van der Waals surface area contributed by atoms with E-state index in [9.17, 15) is 0 Å². The minimum absolute atomic E-state index is 0.652. The second-order valence-electron chi connectivity index (χ2n) is 4.19. The van der Waals surface area contributed by atoms with E-state index >= 15 is 0 Å². The predicted molar refractivity (Wildman–Crippen MR) is 57.8 cm³/mol.